The molecule has 0 saturated heterocycles. The molecule has 2 N–H and O–H groups in total. The molecule has 1 aromatic heterocycles. The van der Waals surface area contributed by atoms with Gasteiger partial charge in [-0.2, -0.15) is 4.99 Å². The lowest BCUT2D eigenvalue weighted by molar-refractivity contribution is -0.117. The Morgan fingerprint density at radius 1 is 1.21 bits per heavy atom. The van der Waals surface area contributed by atoms with Gasteiger partial charge in [0.1, 0.15) is 0 Å². The van der Waals surface area contributed by atoms with Crippen molar-refractivity contribution in [2.24, 2.45) is 10.1 Å². The average Bonchev–Trinajstić information content (AvgIpc) is 2.99. The van der Waals surface area contributed by atoms with E-state index < -0.39 is 10.0 Å². The lowest BCUT2D eigenvalue weighted by atomic mass is 10.2. The summed E-state index contributed by atoms with van der Waals surface area (Å²) in [5, 5.41) is 5.23. The summed E-state index contributed by atoms with van der Waals surface area (Å²) in [6, 6.07) is 12.9. The third kappa shape index (κ3) is 5.57. The second-order valence-electron chi connectivity index (χ2n) is 6.63. The lowest BCUT2D eigenvalue weighted by Crippen LogP contribution is -2.17. The summed E-state index contributed by atoms with van der Waals surface area (Å²) in [6.45, 7) is 4.78. The molecule has 0 atom stereocenters. The van der Waals surface area contributed by atoms with Gasteiger partial charge in [-0.15, -0.1) is 11.8 Å². The minimum atomic E-state index is -3.78. The van der Waals surface area contributed by atoms with Gasteiger partial charge in [0.05, 0.1) is 15.1 Å². The van der Waals surface area contributed by atoms with Gasteiger partial charge in [-0.3, -0.25) is 4.79 Å². The predicted molar refractivity (Wildman–Crippen MR) is 119 cm³/mol. The maximum Gasteiger partial charge on any atom is 0.249 e. The molecule has 9 heteroatoms. The van der Waals surface area contributed by atoms with Crippen molar-refractivity contribution in [3.8, 4) is 0 Å². The topological polar surface area (TPSA) is 94.5 Å². The Morgan fingerprint density at radius 2 is 1.93 bits per heavy atom. The van der Waals surface area contributed by atoms with Crippen molar-refractivity contribution >= 4 is 49.2 Å². The first-order valence-electron chi connectivity index (χ1n) is 9.21. The Bertz CT molecular complexity index is 1190. The Kier molecular flexibility index (Phi) is 6.94. The van der Waals surface area contributed by atoms with Crippen molar-refractivity contribution < 1.29 is 13.2 Å². The number of hydrogen-bond donors (Lipinski definition) is 1. The summed E-state index contributed by atoms with van der Waals surface area (Å²) in [5.41, 5.74) is 2.06. The molecule has 1 amide bonds. The molecule has 0 aliphatic heterocycles. The van der Waals surface area contributed by atoms with Crippen LogP contribution >= 0.6 is 23.1 Å². The van der Waals surface area contributed by atoms with Gasteiger partial charge in [0.2, 0.25) is 15.9 Å². The number of carbonyl (C=O) groups is 1. The molecular weight excluding hydrogens is 426 g/mol. The molecule has 0 unspecified atom stereocenters. The minimum Gasteiger partial charge on any atom is -0.316 e. The lowest BCUT2D eigenvalue weighted by Gasteiger charge is -2.03. The van der Waals surface area contributed by atoms with E-state index in [-0.39, 0.29) is 10.8 Å². The third-order valence-corrected chi connectivity index (χ3v) is 7.22. The van der Waals surface area contributed by atoms with Gasteiger partial charge in [0.25, 0.3) is 0 Å². The number of sulfonamides is 1. The summed E-state index contributed by atoms with van der Waals surface area (Å²) >= 11 is 2.93. The highest BCUT2D eigenvalue weighted by atomic mass is 32.2. The molecule has 0 aliphatic carbocycles. The number of nitrogens with zero attached hydrogens (tertiary/aromatic N) is 2. The van der Waals surface area contributed by atoms with Crippen LogP contribution in [-0.2, 0) is 21.4 Å². The minimum absolute atomic E-state index is 0.0577. The largest absolute Gasteiger partial charge is 0.316 e. The molecule has 2 aromatic carbocycles. The molecule has 3 rings (SSSR count). The van der Waals surface area contributed by atoms with E-state index in [1.54, 1.807) is 17.8 Å². The van der Waals surface area contributed by atoms with E-state index in [1.165, 1.54) is 29.0 Å². The number of benzene rings is 2. The van der Waals surface area contributed by atoms with E-state index in [2.05, 4.69) is 17.1 Å². The predicted octanol–water partition coefficient (Wildman–Crippen LogP) is 3.68. The van der Waals surface area contributed by atoms with E-state index in [4.69, 9.17) is 5.14 Å². The maximum absolute atomic E-state index is 12.4. The van der Waals surface area contributed by atoms with Crippen LogP contribution in [0.15, 0.2) is 57.2 Å². The van der Waals surface area contributed by atoms with E-state index in [9.17, 15) is 13.2 Å². The van der Waals surface area contributed by atoms with Gasteiger partial charge >= 0.3 is 0 Å². The summed E-state index contributed by atoms with van der Waals surface area (Å²) < 4.78 is 25.9. The first-order valence-corrected chi connectivity index (χ1v) is 12.6. The monoisotopic (exact) mass is 449 g/mol. The van der Waals surface area contributed by atoms with E-state index in [0.29, 0.717) is 23.5 Å². The molecule has 0 fully saturated rings. The van der Waals surface area contributed by atoms with Crippen molar-refractivity contribution in [2.75, 3.05) is 5.75 Å². The standard InChI is InChI=1S/C20H23N3O3S3/c1-3-11-23-17-9-8-16(29(21,25)26)13-18(17)28-20(23)22-19(24)10-12-27-15-6-4-14(2)5-7-15/h4-9,13H,3,10-12H2,1-2H3,(H2,21,25,26). The number of carbonyl (C=O) groups excluding carboxylic acids is 1. The smallest absolute Gasteiger partial charge is 0.249 e. The first-order chi connectivity index (χ1) is 13.8. The second-order valence-corrected chi connectivity index (χ2v) is 10.4. The molecular formula is C20H23N3O3S3. The zero-order valence-corrected chi connectivity index (χ0v) is 18.7. The molecule has 0 saturated carbocycles. The molecule has 6 nitrogen and oxygen atoms in total. The molecule has 0 aliphatic rings. The van der Waals surface area contributed by atoms with Crippen LogP contribution in [0.3, 0.4) is 0 Å². The molecule has 0 radical (unpaired) electrons. The summed E-state index contributed by atoms with van der Waals surface area (Å²) in [7, 11) is -3.78. The zero-order valence-electron chi connectivity index (χ0n) is 16.3. The molecule has 0 bridgehead atoms. The van der Waals surface area contributed by atoms with Gasteiger partial charge in [-0.1, -0.05) is 36.0 Å². The summed E-state index contributed by atoms with van der Waals surface area (Å²) in [4.78, 5) is 18.5. The number of primary sulfonamides is 1. The number of amides is 1. The van der Waals surface area contributed by atoms with Crippen LogP contribution in [0, 0.1) is 6.92 Å². The molecule has 1 heterocycles. The summed E-state index contributed by atoms with van der Waals surface area (Å²) in [6.07, 6.45) is 1.20. The fraction of sp³-hybridized carbons (Fsp3) is 0.300. The SMILES string of the molecule is CCCn1c(=NC(=O)CCSc2ccc(C)cc2)sc2cc(S(N)(=O)=O)ccc21. The van der Waals surface area contributed by atoms with Crippen LogP contribution in [0.25, 0.3) is 10.2 Å². The van der Waals surface area contributed by atoms with Gasteiger partial charge in [-0.25, -0.2) is 13.6 Å². The van der Waals surface area contributed by atoms with Crippen molar-refractivity contribution in [1.29, 1.82) is 0 Å². The Balaban J connectivity index is 1.82. The van der Waals surface area contributed by atoms with Crippen molar-refractivity contribution in [3.63, 3.8) is 0 Å². The first kappa shape index (κ1) is 21.8. The number of rotatable bonds is 7. The number of aromatic nitrogens is 1. The van der Waals surface area contributed by atoms with E-state index in [0.717, 1.165) is 21.5 Å². The van der Waals surface area contributed by atoms with Gasteiger partial charge in [-0.05, 0) is 43.7 Å². The third-order valence-electron chi connectivity index (χ3n) is 4.26. The number of aryl methyl sites for hydroxylation is 2. The van der Waals surface area contributed by atoms with Crippen molar-refractivity contribution in [2.45, 2.75) is 43.0 Å². The highest BCUT2D eigenvalue weighted by Gasteiger charge is 2.13. The molecule has 29 heavy (non-hydrogen) atoms. The van der Waals surface area contributed by atoms with Crippen molar-refractivity contribution in [1.82, 2.24) is 4.57 Å². The number of thioether (sulfide) groups is 1. The van der Waals surface area contributed by atoms with Crippen LogP contribution < -0.4 is 9.94 Å². The van der Waals surface area contributed by atoms with Crippen LogP contribution in [0.5, 0.6) is 0 Å². The Morgan fingerprint density at radius 3 is 2.59 bits per heavy atom. The van der Waals surface area contributed by atoms with E-state index >= 15 is 0 Å². The fourth-order valence-corrected chi connectivity index (χ4v) is 5.38. The van der Waals surface area contributed by atoms with Gasteiger partial charge < -0.3 is 4.57 Å². The van der Waals surface area contributed by atoms with Gasteiger partial charge in [0.15, 0.2) is 4.80 Å². The highest BCUT2D eigenvalue weighted by molar-refractivity contribution is 7.99. The zero-order chi connectivity index (χ0) is 21.0. The van der Waals surface area contributed by atoms with Crippen LogP contribution in [0.2, 0.25) is 0 Å². The highest BCUT2D eigenvalue weighted by Crippen LogP contribution is 2.22. The Hall–Kier alpha value is -1.94. The summed E-state index contributed by atoms with van der Waals surface area (Å²) in [5.74, 6) is 0.465. The fourth-order valence-electron chi connectivity index (χ4n) is 2.81. The van der Waals surface area contributed by atoms with Crippen LogP contribution in [0.1, 0.15) is 25.3 Å². The Labute approximate surface area is 178 Å². The van der Waals surface area contributed by atoms with E-state index in [1.807, 2.05) is 30.5 Å². The maximum atomic E-state index is 12.4. The van der Waals surface area contributed by atoms with Crippen molar-refractivity contribution in [3.05, 3.63) is 52.8 Å². The van der Waals surface area contributed by atoms with Crippen LogP contribution in [-0.4, -0.2) is 24.6 Å². The molecule has 3 aromatic rings. The normalized spacial score (nSPS) is 12.6. The van der Waals surface area contributed by atoms with Crippen LogP contribution in [0.4, 0.5) is 0 Å². The van der Waals surface area contributed by atoms with Gasteiger partial charge in [0, 0.05) is 23.6 Å². The quantitative estimate of drug-likeness (QED) is 0.557. The number of fused-ring (bicyclic) bond motifs is 1. The number of thiazole rings is 1. The molecule has 0 spiro atoms. The number of nitrogens with two attached hydrogens (primary N) is 1. The number of hydrogen-bond acceptors (Lipinski definition) is 5. The average molecular weight is 450 g/mol. The second kappa shape index (κ2) is 9.25. The molecule has 154 valence electrons.